The van der Waals surface area contributed by atoms with Crippen LogP contribution in [0.3, 0.4) is 0 Å². The number of rotatable bonds is 2. The van der Waals surface area contributed by atoms with Gasteiger partial charge in [0.15, 0.2) is 0 Å². The van der Waals surface area contributed by atoms with Crippen molar-refractivity contribution in [2.45, 2.75) is 13.8 Å². The molecule has 0 aromatic heterocycles. The predicted molar refractivity (Wildman–Crippen MR) is 49.0 cm³/mol. The van der Waals surface area contributed by atoms with Gasteiger partial charge in [-0.05, 0) is 28.5 Å². The third-order valence-corrected chi connectivity index (χ3v) is 1.66. The Morgan fingerprint density at radius 3 is 2.40 bits per heavy atom. The van der Waals surface area contributed by atoms with Crippen LogP contribution in [0.1, 0.15) is 13.8 Å². The van der Waals surface area contributed by atoms with Crippen LogP contribution in [0.25, 0.3) is 0 Å². The second kappa shape index (κ2) is 4.71. The van der Waals surface area contributed by atoms with Crippen LogP contribution >= 0.6 is 22.6 Å². The summed E-state index contributed by atoms with van der Waals surface area (Å²) in [5, 5.41) is 0. The van der Waals surface area contributed by atoms with E-state index < -0.39 is 0 Å². The van der Waals surface area contributed by atoms with Crippen molar-refractivity contribution in [3.05, 3.63) is 9.66 Å². The molecule has 0 atom stereocenters. The third-order valence-electron chi connectivity index (χ3n) is 0.860. The lowest BCUT2D eigenvalue weighted by atomic mass is 10.2. The van der Waals surface area contributed by atoms with E-state index >= 15 is 0 Å². The normalized spacial score (nSPS) is 11.9. The van der Waals surface area contributed by atoms with Gasteiger partial charge in [0.25, 0.3) is 0 Å². The number of carbonyl (C=O) groups excluding carboxylic acids is 1. The van der Waals surface area contributed by atoms with Gasteiger partial charge in [-0.3, -0.25) is 0 Å². The molecule has 10 heavy (non-hydrogen) atoms. The minimum Gasteiger partial charge on any atom is -0.465 e. The lowest BCUT2D eigenvalue weighted by Gasteiger charge is -1.98. The number of esters is 1. The number of ether oxygens (including phenoxy) is 1. The van der Waals surface area contributed by atoms with Gasteiger partial charge in [0, 0.05) is 0 Å². The fourth-order valence-corrected chi connectivity index (χ4v) is 1.40. The first-order valence-corrected chi connectivity index (χ1v) is 4.11. The lowest BCUT2D eigenvalue weighted by molar-refractivity contribution is -0.135. The number of hydrogen-bond acceptors (Lipinski definition) is 2. The molecule has 0 aromatic carbocycles. The molecule has 0 spiro atoms. The Morgan fingerprint density at radius 1 is 1.60 bits per heavy atom. The molecule has 0 N–H and O–H groups in total. The van der Waals surface area contributed by atoms with E-state index in [0.29, 0.717) is 9.50 Å². The van der Waals surface area contributed by atoms with Crippen molar-refractivity contribution in [3.63, 3.8) is 0 Å². The number of methoxy groups -OCH3 is 1. The maximum absolute atomic E-state index is 10.7. The summed E-state index contributed by atoms with van der Waals surface area (Å²) in [6.07, 6.45) is 1.87. The zero-order valence-corrected chi connectivity index (χ0v) is 8.51. The maximum Gasteiger partial charge on any atom is 0.343 e. The van der Waals surface area contributed by atoms with Crippen LogP contribution < -0.4 is 0 Å². The Balaban J connectivity index is 4.05. The topological polar surface area (TPSA) is 26.3 Å². The van der Waals surface area contributed by atoms with Crippen molar-refractivity contribution in [1.82, 2.24) is 0 Å². The zero-order valence-electron chi connectivity index (χ0n) is 6.35. The summed E-state index contributed by atoms with van der Waals surface area (Å²) >= 11 is 1.97. The summed E-state index contributed by atoms with van der Waals surface area (Å²) in [7, 11) is 1.38. The molecule has 0 aliphatic carbocycles. The fourth-order valence-electron chi connectivity index (χ4n) is 0.458. The van der Waals surface area contributed by atoms with Gasteiger partial charge in [-0.15, -0.1) is 0 Å². The molecule has 0 bridgehead atoms. The van der Waals surface area contributed by atoms with Gasteiger partial charge in [-0.1, -0.05) is 19.9 Å². The Labute approximate surface area is 74.8 Å². The van der Waals surface area contributed by atoms with Crippen LogP contribution in [0.5, 0.6) is 0 Å². The number of hydrogen-bond donors (Lipinski definition) is 0. The van der Waals surface area contributed by atoms with Crippen LogP contribution in [0, 0.1) is 5.92 Å². The van der Waals surface area contributed by atoms with Crippen LogP contribution in [0.15, 0.2) is 9.66 Å². The SMILES string of the molecule is COC(=O)/C(I)=C\C(C)C. The van der Waals surface area contributed by atoms with Gasteiger partial charge in [-0.2, -0.15) is 0 Å². The van der Waals surface area contributed by atoms with E-state index in [9.17, 15) is 4.79 Å². The summed E-state index contributed by atoms with van der Waals surface area (Å²) in [5.41, 5.74) is 0. The highest BCUT2D eigenvalue weighted by Gasteiger charge is 2.04. The van der Waals surface area contributed by atoms with Crippen molar-refractivity contribution in [3.8, 4) is 0 Å². The highest BCUT2D eigenvalue weighted by molar-refractivity contribution is 14.1. The summed E-state index contributed by atoms with van der Waals surface area (Å²) in [6, 6.07) is 0. The predicted octanol–water partition coefficient (Wildman–Crippen LogP) is 2.13. The van der Waals surface area contributed by atoms with Crippen molar-refractivity contribution < 1.29 is 9.53 Å². The van der Waals surface area contributed by atoms with E-state index in [2.05, 4.69) is 4.74 Å². The van der Waals surface area contributed by atoms with E-state index in [0.717, 1.165) is 0 Å². The third kappa shape index (κ3) is 3.87. The van der Waals surface area contributed by atoms with Crippen molar-refractivity contribution in [1.29, 1.82) is 0 Å². The second-order valence-electron chi connectivity index (χ2n) is 2.25. The van der Waals surface area contributed by atoms with Crippen molar-refractivity contribution >= 4 is 28.6 Å². The zero-order chi connectivity index (χ0) is 8.15. The first-order chi connectivity index (χ1) is 4.57. The highest BCUT2D eigenvalue weighted by atomic mass is 127. The quantitative estimate of drug-likeness (QED) is 0.428. The van der Waals surface area contributed by atoms with E-state index in [1.54, 1.807) is 0 Å². The maximum atomic E-state index is 10.7. The molecule has 0 aromatic rings. The summed E-state index contributed by atoms with van der Waals surface area (Å²) in [4.78, 5) is 10.7. The highest BCUT2D eigenvalue weighted by Crippen LogP contribution is 2.11. The fraction of sp³-hybridized carbons (Fsp3) is 0.571. The molecule has 2 nitrogen and oxygen atoms in total. The minimum atomic E-state index is -0.255. The number of allylic oxidation sites excluding steroid dienone is 1. The molecule has 0 saturated heterocycles. The molecule has 0 heterocycles. The van der Waals surface area contributed by atoms with Crippen molar-refractivity contribution in [2.24, 2.45) is 5.92 Å². The Bertz CT molecular complexity index is 150. The Hall–Kier alpha value is -0.0600. The van der Waals surface area contributed by atoms with Gasteiger partial charge in [0.1, 0.15) is 0 Å². The molecule has 0 rings (SSSR count). The average Bonchev–Trinajstić information content (AvgIpc) is 1.85. The number of carbonyl (C=O) groups is 1. The standard InChI is InChI=1S/C7H11IO2/c1-5(2)4-6(8)7(9)10-3/h4-5H,1-3H3/b6-4+. The molecule has 0 aliphatic rings. The first kappa shape index (κ1) is 9.94. The van der Waals surface area contributed by atoms with Gasteiger partial charge < -0.3 is 4.74 Å². The summed E-state index contributed by atoms with van der Waals surface area (Å²) < 4.78 is 5.15. The Morgan fingerprint density at radius 2 is 2.10 bits per heavy atom. The molecule has 58 valence electrons. The van der Waals surface area contributed by atoms with E-state index in [4.69, 9.17) is 0 Å². The van der Waals surface area contributed by atoms with Gasteiger partial charge in [-0.25, -0.2) is 4.79 Å². The molecular weight excluding hydrogens is 243 g/mol. The second-order valence-corrected chi connectivity index (χ2v) is 3.41. The molecule has 0 saturated carbocycles. The van der Waals surface area contributed by atoms with Crippen LogP contribution in [0.4, 0.5) is 0 Å². The molecule has 0 aliphatic heterocycles. The lowest BCUT2D eigenvalue weighted by Crippen LogP contribution is -2.00. The number of halogens is 1. The molecule has 0 unspecified atom stereocenters. The van der Waals surface area contributed by atoms with E-state index in [-0.39, 0.29) is 5.97 Å². The molecule has 3 heteroatoms. The summed E-state index contributed by atoms with van der Waals surface area (Å²) in [5.74, 6) is 0.139. The van der Waals surface area contributed by atoms with Gasteiger partial charge in [0.05, 0.1) is 10.7 Å². The van der Waals surface area contributed by atoms with Crippen LogP contribution in [-0.2, 0) is 9.53 Å². The molecule has 0 radical (unpaired) electrons. The van der Waals surface area contributed by atoms with Crippen LogP contribution in [0.2, 0.25) is 0 Å². The smallest absolute Gasteiger partial charge is 0.343 e. The average molecular weight is 254 g/mol. The largest absolute Gasteiger partial charge is 0.465 e. The summed E-state index contributed by atoms with van der Waals surface area (Å²) in [6.45, 7) is 4.03. The monoisotopic (exact) mass is 254 g/mol. The minimum absolute atomic E-state index is 0.255. The van der Waals surface area contributed by atoms with E-state index in [1.807, 2.05) is 42.5 Å². The van der Waals surface area contributed by atoms with E-state index in [1.165, 1.54) is 7.11 Å². The van der Waals surface area contributed by atoms with Crippen LogP contribution in [-0.4, -0.2) is 13.1 Å². The molecule has 0 amide bonds. The van der Waals surface area contributed by atoms with Crippen molar-refractivity contribution in [2.75, 3.05) is 7.11 Å². The van der Waals surface area contributed by atoms with Gasteiger partial charge >= 0.3 is 5.97 Å². The Kier molecular flexibility index (Phi) is 4.68. The molecule has 0 fully saturated rings. The van der Waals surface area contributed by atoms with Gasteiger partial charge in [0.2, 0.25) is 0 Å². The first-order valence-electron chi connectivity index (χ1n) is 3.03. The molecular formula is C7H11IO2.